The smallest absolute Gasteiger partial charge is 0.255 e. The molecular weight excluding hydrogens is 224 g/mol. The van der Waals surface area contributed by atoms with Crippen LogP contribution in [0, 0.1) is 5.41 Å². The van der Waals surface area contributed by atoms with Gasteiger partial charge >= 0.3 is 0 Å². The van der Waals surface area contributed by atoms with E-state index in [0.717, 1.165) is 11.3 Å². The van der Waals surface area contributed by atoms with Crippen LogP contribution in [0.25, 0.3) is 0 Å². The lowest BCUT2D eigenvalue weighted by molar-refractivity contribution is 0.0828. The molecule has 1 aliphatic carbocycles. The molecule has 1 fully saturated rings. The van der Waals surface area contributed by atoms with E-state index in [-0.39, 0.29) is 5.91 Å². The van der Waals surface area contributed by atoms with Gasteiger partial charge in [0.1, 0.15) is 0 Å². The Balaban J connectivity index is 2.20. The van der Waals surface area contributed by atoms with Gasteiger partial charge in [0.2, 0.25) is 0 Å². The first-order valence-electron chi connectivity index (χ1n) is 6.51. The fourth-order valence-corrected chi connectivity index (χ4v) is 2.07. The van der Waals surface area contributed by atoms with Crippen molar-refractivity contribution >= 4 is 11.6 Å². The van der Waals surface area contributed by atoms with E-state index in [2.05, 4.69) is 19.2 Å². The van der Waals surface area contributed by atoms with Crippen molar-refractivity contribution in [2.24, 2.45) is 5.41 Å². The van der Waals surface area contributed by atoms with Gasteiger partial charge in [0.25, 0.3) is 5.91 Å². The van der Waals surface area contributed by atoms with Crippen molar-refractivity contribution in [3.63, 3.8) is 0 Å². The van der Waals surface area contributed by atoms with Crippen molar-refractivity contribution in [3.8, 4) is 0 Å². The van der Waals surface area contributed by atoms with Crippen molar-refractivity contribution in [2.45, 2.75) is 32.7 Å². The van der Waals surface area contributed by atoms with Gasteiger partial charge in [0, 0.05) is 25.8 Å². The summed E-state index contributed by atoms with van der Waals surface area (Å²) in [5.74, 6) is 0.0475. The summed E-state index contributed by atoms with van der Waals surface area (Å²) in [6.45, 7) is 4.49. The largest absolute Gasteiger partial charge is 0.381 e. The number of hydrogen-bond donors (Lipinski definition) is 1. The molecule has 1 atom stereocenters. The molecule has 0 aromatic heterocycles. The molecule has 3 heteroatoms. The monoisotopic (exact) mass is 246 g/mol. The Labute approximate surface area is 109 Å². The fraction of sp³-hybridized carbons (Fsp3) is 0.533. The summed E-state index contributed by atoms with van der Waals surface area (Å²) >= 11 is 0. The molecule has 1 saturated carbocycles. The van der Waals surface area contributed by atoms with E-state index in [9.17, 15) is 4.79 Å². The molecule has 1 N–H and O–H groups in total. The minimum atomic E-state index is 0.0475. The van der Waals surface area contributed by atoms with E-state index in [1.807, 2.05) is 24.3 Å². The topological polar surface area (TPSA) is 32.3 Å². The standard InChI is InChI=1S/C15H22N2O/c1-11(15(2)9-10-15)16-13-8-6-5-7-12(13)14(18)17(3)4/h5-8,11,16H,9-10H2,1-4H3. The van der Waals surface area contributed by atoms with E-state index < -0.39 is 0 Å². The number of para-hydroxylation sites is 1. The fourth-order valence-electron chi connectivity index (χ4n) is 2.07. The van der Waals surface area contributed by atoms with Gasteiger partial charge in [-0.3, -0.25) is 4.79 Å². The molecule has 1 aromatic rings. The van der Waals surface area contributed by atoms with Gasteiger partial charge in [0.05, 0.1) is 5.56 Å². The minimum Gasteiger partial charge on any atom is -0.381 e. The maximum atomic E-state index is 12.1. The lowest BCUT2D eigenvalue weighted by atomic mass is 10.00. The van der Waals surface area contributed by atoms with Crippen LogP contribution in [0.4, 0.5) is 5.69 Å². The zero-order valence-electron chi connectivity index (χ0n) is 11.7. The summed E-state index contributed by atoms with van der Waals surface area (Å²) in [7, 11) is 3.56. The number of anilines is 1. The molecule has 18 heavy (non-hydrogen) atoms. The molecule has 0 saturated heterocycles. The Bertz CT molecular complexity index is 450. The van der Waals surface area contributed by atoms with Gasteiger partial charge in [-0.25, -0.2) is 0 Å². The number of benzene rings is 1. The lowest BCUT2D eigenvalue weighted by Crippen LogP contribution is -2.28. The normalized spacial score (nSPS) is 18.0. The van der Waals surface area contributed by atoms with E-state index >= 15 is 0 Å². The highest BCUT2D eigenvalue weighted by atomic mass is 16.2. The second-order valence-corrected chi connectivity index (χ2v) is 5.77. The first kappa shape index (κ1) is 12.9. The van der Waals surface area contributed by atoms with Crippen molar-refractivity contribution in [3.05, 3.63) is 29.8 Å². The summed E-state index contributed by atoms with van der Waals surface area (Å²) in [5.41, 5.74) is 2.09. The van der Waals surface area contributed by atoms with Crippen LogP contribution >= 0.6 is 0 Å². The second kappa shape index (κ2) is 4.63. The van der Waals surface area contributed by atoms with Gasteiger partial charge < -0.3 is 10.2 Å². The Morgan fingerprint density at radius 1 is 1.33 bits per heavy atom. The molecule has 1 unspecified atom stereocenters. The first-order chi connectivity index (χ1) is 8.44. The molecule has 1 amide bonds. The van der Waals surface area contributed by atoms with Crippen LogP contribution in [0.1, 0.15) is 37.0 Å². The predicted molar refractivity (Wildman–Crippen MR) is 74.9 cm³/mol. The molecule has 0 radical (unpaired) electrons. The van der Waals surface area contributed by atoms with E-state index in [1.54, 1.807) is 19.0 Å². The van der Waals surface area contributed by atoms with Crippen LogP contribution in [-0.4, -0.2) is 30.9 Å². The highest BCUT2D eigenvalue weighted by Crippen LogP contribution is 2.48. The number of rotatable bonds is 4. The zero-order valence-corrected chi connectivity index (χ0v) is 11.7. The summed E-state index contributed by atoms with van der Waals surface area (Å²) in [5, 5.41) is 3.50. The van der Waals surface area contributed by atoms with Crippen molar-refractivity contribution in [1.29, 1.82) is 0 Å². The third-order valence-electron chi connectivity index (χ3n) is 4.02. The number of nitrogens with one attached hydrogen (secondary N) is 1. The summed E-state index contributed by atoms with van der Waals surface area (Å²) in [6, 6.07) is 8.14. The highest BCUT2D eigenvalue weighted by Gasteiger charge is 2.42. The number of nitrogens with zero attached hydrogens (tertiary/aromatic N) is 1. The minimum absolute atomic E-state index is 0.0475. The molecule has 1 aromatic carbocycles. The lowest BCUT2D eigenvalue weighted by Gasteiger charge is -2.23. The maximum absolute atomic E-state index is 12.1. The molecule has 0 aliphatic heterocycles. The highest BCUT2D eigenvalue weighted by molar-refractivity contribution is 5.99. The summed E-state index contributed by atoms with van der Waals surface area (Å²) in [4.78, 5) is 13.7. The predicted octanol–water partition coefficient (Wildman–Crippen LogP) is 2.99. The summed E-state index contributed by atoms with van der Waals surface area (Å²) < 4.78 is 0. The molecule has 0 bridgehead atoms. The van der Waals surface area contributed by atoms with Gasteiger partial charge in [-0.15, -0.1) is 0 Å². The molecule has 98 valence electrons. The molecule has 1 aliphatic rings. The van der Waals surface area contributed by atoms with Crippen molar-refractivity contribution in [1.82, 2.24) is 4.90 Å². The molecular formula is C15H22N2O. The Kier molecular flexibility index (Phi) is 3.33. The van der Waals surface area contributed by atoms with E-state index in [4.69, 9.17) is 0 Å². The molecule has 3 nitrogen and oxygen atoms in total. The maximum Gasteiger partial charge on any atom is 0.255 e. The summed E-state index contributed by atoms with van der Waals surface area (Å²) in [6.07, 6.45) is 2.54. The SMILES string of the molecule is CC(Nc1ccccc1C(=O)N(C)C)C1(C)CC1. The van der Waals surface area contributed by atoms with Gasteiger partial charge in [-0.2, -0.15) is 0 Å². The molecule has 2 rings (SSSR count). The Morgan fingerprint density at radius 3 is 2.50 bits per heavy atom. The average molecular weight is 246 g/mol. The molecule has 0 spiro atoms. The Morgan fingerprint density at radius 2 is 1.94 bits per heavy atom. The Hall–Kier alpha value is -1.51. The van der Waals surface area contributed by atoms with Crippen LogP contribution in [-0.2, 0) is 0 Å². The van der Waals surface area contributed by atoms with Crippen molar-refractivity contribution in [2.75, 3.05) is 19.4 Å². The van der Waals surface area contributed by atoms with Gasteiger partial charge in [-0.05, 0) is 37.3 Å². The number of carbonyl (C=O) groups is 1. The van der Waals surface area contributed by atoms with Gasteiger partial charge in [-0.1, -0.05) is 19.1 Å². The van der Waals surface area contributed by atoms with Gasteiger partial charge in [0.15, 0.2) is 0 Å². The molecule has 0 heterocycles. The third-order valence-corrected chi connectivity index (χ3v) is 4.02. The zero-order chi connectivity index (χ0) is 13.3. The number of amides is 1. The van der Waals surface area contributed by atoms with E-state index in [1.165, 1.54) is 12.8 Å². The van der Waals surface area contributed by atoms with Crippen LogP contribution < -0.4 is 5.32 Å². The van der Waals surface area contributed by atoms with E-state index in [0.29, 0.717) is 11.5 Å². The van der Waals surface area contributed by atoms with Crippen molar-refractivity contribution < 1.29 is 4.79 Å². The third kappa shape index (κ3) is 2.50. The van der Waals surface area contributed by atoms with Crippen LogP contribution in [0.2, 0.25) is 0 Å². The first-order valence-corrected chi connectivity index (χ1v) is 6.51. The van der Waals surface area contributed by atoms with Crippen LogP contribution in [0.3, 0.4) is 0 Å². The second-order valence-electron chi connectivity index (χ2n) is 5.77. The quantitative estimate of drug-likeness (QED) is 0.885. The number of hydrogen-bond acceptors (Lipinski definition) is 2. The average Bonchev–Trinajstić information content (AvgIpc) is 3.08. The van der Waals surface area contributed by atoms with Crippen LogP contribution in [0.5, 0.6) is 0 Å². The number of carbonyl (C=O) groups excluding carboxylic acids is 1. The van der Waals surface area contributed by atoms with Crippen LogP contribution in [0.15, 0.2) is 24.3 Å².